The molecule has 33 heavy (non-hydrogen) atoms. The van der Waals surface area contributed by atoms with E-state index < -0.39 is 0 Å². The van der Waals surface area contributed by atoms with Gasteiger partial charge in [0.25, 0.3) is 5.91 Å². The lowest BCUT2D eigenvalue weighted by Crippen LogP contribution is -2.40. The molecule has 1 aromatic carbocycles. The Kier molecular flexibility index (Phi) is 7.30. The van der Waals surface area contributed by atoms with E-state index in [1.165, 1.54) is 0 Å². The summed E-state index contributed by atoms with van der Waals surface area (Å²) in [6.07, 6.45) is 8.54. The van der Waals surface area contributed by atoms with Gasteiger partial charge in [0, 0.05) is 41.8 Å². The number of hydrogen-bond donors (Lipinski definition) is 2. The Balaban J connectivity index is 1.48. The van der Waals surface area contributed by atoms with E-state index in [1.54, 1.807) is 0 Å². The second-order valence-electron chi connectivity index (χ2n) is 8.74. The van der Waals surface area contributed by atoms with Crippen molar-refractivity contribution in [2.45, 2.75) is 45.2 Å². The van der Waals surface area contributed by atoms with E-state index >= 15 is 0 Å². The number of benzene rings is 1. The predicted octanol–water partition coefficient (Wildman–Crippen LogP) is 4.62. The fourth-order valence-electron chi connectivity index (χ4n) is 4.28. The van der Waals surface area contributed by atoms with Crippen LogP contribution in [0.4, 0.5) is 5.95 Å². The van der Waals surface area contributed by atoms with E-state index in [4.69, 9.17) is 16.6 Å². The van der Waals surface area contributed by atoms with Gasteiger partial charge in [-0.25, -0.2) is 4.98 Å². The first-order chi connectivity index (χ1) is 15.9. The Morgan fingerprint density at radius 1 is 1.33 bits per heavy atom. The number of aryl methyl sites for hydroxylation is 1. The molecule has 2 N–H and O–H groups in total. The van der Waals surface area contributed by atoms with Crippen LogP contribution in [-0.2, 0) is 0 Å². The number of piperidine rings is 1. The second kappa shape index (κ2) is 10.4. The Morgan fingerprint density at radius 3 is 2.94 bits per heavy atom. The topological polar surface area (TPSA) is 75.1 Å². The third kappa shape index (κ3) is 5.72. The zero-order valence-electron chi connectivity index (χ0n) is 19.4. The molecule has 3 aromatic rings. The molecule has 2 aromatic heterocycles. The molecule has 0 bridgehead atoms. The van der Waals surface area contributed by atoms with E-state index in [-0.39, 0.29) is 11.9 Å². The van der Waals surface area contributed by atoms with Crippen molar-refractivity contribution >= 4 is 23.5 Å². The number of aromatic nitrogens is 3. The first kappa shape index (κ1) is 23.3. The van der Waals surface area contributed by atoms with Gasteiger partial charge in [0.2, 0.25) is 5.95 Å². The van der Waals surface area contributed by atoms with Crippen molar-refractivity contribution in [3.63, 3.8) is 0 Å². The average molecular weight is 467 g/mol. The Hall–Kier alpha value is -2.90. The van der Waals surface area contributed by atoms with Gasteiger partial charge in [0.15, 0.2) is 0 Å². The van der Waals surface area contributed by atoms with Gasteiger partial charge in [-0.05, 0) is 63.5 Å². The molecule has 1 fully saturated rings. The van der Waals surface area contributed by atoms with E-state index in [9.17, 15) is 4.79 Å². The first-order valence-corrected chi connectivity index (χ1v) is 11.8. The molecule has 1 aliphatic heterocycles. The number of anilines is 1. The van der Waals surface area contributed by atoms with Crippen LogP contribution in [0.15, 0.2) is 48.9 Å². The van der Waals surface area contributed by atoms with Crippen LogP contribution < -0.4 is 10.6 Å². The van der Waals surface area contributed by atoms with E-state index in [2.05, 4.69) is 27.6 Å². The molecule has 2 atom stereocenters. The van der Waals surface area contributed by atoms with Crippen molar-refractivity contribution in [3.8, 4) is 5.82 Å². The fraction of sp³-hybridized carbons (Fsp3) is 0.400. The fourth-order valence-corrected chi connectivity index (χ4v) is 4.48. The number of hydrogen-bond acceptors (Lipinski definition) is 5. The molecule has 1 aliphatic rings. The van der Waals surface area contributed by atoms with Crippen molar-refractivity contribution in [2.75, 3.05) is 25.5 Å². The molecule has 8 heteroatoms. The molecule has 0 aliphatic carbocycles. The Bertz CT molecular complexity index is 1110. The lowest BCUT2D eigenvalue weighted by molar-refractivity contribution is 0.0935. The number of carbonyl (C=O) groups excluding carboxylic acids is 1. The molecular formula is C25H31ClN6O. The third-order valence-electron chi connectivity index (χ3n) is 6.07. The minimum Gasteiger partial charge on any atom is -0.350 e. The van der Waals surface area contributed by atoms with Crippen molar-refractivity contribution in [1.82, 2.24) is 24.8 Å². The van der Waals surface area contributed by atoms with E-state index in [1.807, 2.05) is 67.3 Å². The van der Waals surface area contributed by atoms with Crippen LogP contribution in [0.3, 0.4) is 0 Å². The predicted molar refractivity (Wildman–Crippen MR) is 132 cm³/mol. The van der Waals surface area contributed by atoms with E-state index in [0.717, 1.165) is 49.3 Å². The number of rotatable bonds is 7. The highest BCUT2D eigenvalue weighted by molar-refractivity contribution is 6.30. The van der Waals surface area contributed by atoms with Crippen LogP contribution in [0.25, 0.3) is 5.82 Å². The summed E-state index contributed by atoms with van der Waals surface area (Å²) in [5.41, 5.74) is 2.51. The minimum absolute atomic E-state index is 0.107. The van der Waals surface area contributed by atoms with Crippen molar-refractivity contribution < 1.29 is 4.79 Å². The Labute approximate surface area is 200 Å². The quantitative estimate of drug-likeness (QED) is 0.531. The maximum absolute atomic E-state index is 13.0. The summed E-state index contributed by atoms with van der Waals surface area (Å²) >= 11 is 6.13. The summed E-state index contributed by atoms with van der Waals surface area (Å²) in [5, 5.41) is 7.24. The van der Waals surface area contributed by atoms with Crippen molar-refractivity contribution in [2.24, 2.45) is 0 Å². The molecule has 2 unspecified atom stereocenters. The third-order valence-corrected chi connectivity index (χ3v) is 6.30. The van der Waals surface area contributed by atoms with Gasteiger partial charge in [-0.3, -0.25) is 4.79 Å². The second-order valence-corrected chi connectivity index (χ2v) is 9.18. The molecule has 1 saturated heterocycles. The number of likely N-dealkylation sites (tertiary alicyclic amines) is 1. The largest absolute Gasteiger partial charge is 0.350 e. The molecule has 7 nitrogen and oxygen atoms in total. The summed E-state index contributed by atoms with van der Waals surface area (Å²) in [7, 11) is 2.14. The van der Waals surface area contributed by atoms with Gasteiger partial charge in [-0.2, -0.15) is 4.98 Å². The zero-order chi connectivity index (χ0) is 23.4. The lowest BCUT2D eigenvalue weighted by Gasteiger charge is -2.30. The van der Waals surface area contributed by atoms with Gasteiger partial charge in [0.05, 0.1) is 11.6 Å². The highest BCUT2D eigenvalue weighted by Crippen LogP contribution is 2.22. The molecule has 174 valence electrons. The van der Waals surface area contributed by atoms with Crippen LogP contribution in [-0.4, -0.2) is 51.5 Å². The standard InChI is InChI=1S/C25H31ClN6O/c1-4-22(18-7-5-8-20(26)13-18)29-24(33)19-10-12-32(15-19)23-17(2)14-27-25(30-23)28-21-9-6-11-31(3)16-21/h5,7-8,10,12-15,21-22H,4,6,9,11,16H2,1-3H3,(H,29,33)(H,27,28,30). The number of likely N-dealkylation sites (N-methyl/N-ethyl adjacent to an activating group) is 1. The molecule has 3 heterocycles. The highest BCUT2D eigenvalue weighted by Gasteiger charge is 2.19. The SMILES string of the molecule is CCC(NC(=O)c1ccn(-c2nc(NC3CCCN(C)C3)ncc2C)c1)c1cccc(Cl)c1. The maximum atomic E-state index is 13.0. The summed E-state index contributed by atoms with van der Waals surface area (Å²) < 4.78 is 1.88. The first-order valence-electron chi connectivity index (χ1n) is 11.5. The van der Waals surface area contributed by atoms with Crippen LogP contribution in [0.1, 0.15) is 53.7 Å². The van der Waals surface area contributed by atoms with Gasteiger partial charge in [0.1, 0.15) is 5.82 Å². The number of amides is 1. The summed E-state index contributed by atoms with van der Waals surface area (Å²) in [6.45, 7) is 6.12. The summed E-state index contributed by atoms with van der Waals surface area (Å²) in [6, 6.07) is 9.65. The summed E-state index contributed by atoms with van der Waals surface area (Å²) in [4.78, 5) is 24.5. The number of nitrogens with one attached hydrogen (secondary N) is 2. The molecule has 0 saturated carbocycles. The van der Waals surface area contributed by atoms with Crippen molar-refractivity contribution in [1.29, 1.82) is 0 Å². The normalized spacial score (nSPS) is 17.5. The number of halogens is 1. The monoisotopic (exact) mass is 466 g/mol. The highest BCUT2D eigenvalue weighted by atomic mass is 35.5. The van der Waals surface area contributed by atoms with Crippen LogP contribution in [0.2, 0.25) is 5.02 Å². The smallest absolute Gasteiger partial charge is 0.253 e. The molecule has 0 radical (unpaired) electrons. The van der Waals surface area contributed by atoms with E-state index in [0.29, 0.717) is 22.6 Å². The maximum Gasteiger partial charge on any atom is 0.253 e. The summed E-state index contributed by atoms with van der Waals surface area (Å²) in [5.74, 6) is 1.25. The molecular weight excluding hydrogens is 436 g/mol. The average Bonchev–Trinajstić information content (AvgIpc) is 3.29. The van der Waals surface area contributed by atoms with Crippen LogP contribution >= 0.6 is 11.6 Å². The lowest BCUT2D eigenvalue weighted by atomic mass is 10.0. The van der Waals surface area contributed by atoms with Crippen LogP contribution in [0.5, 0.6) is 0 Å². The molecule has 0 spiro atoms. The van der Waals surface area contributed by atoms with Crippen molar-refractivity contribution in [3.05, 3.63) is 70.6 Å². The zero-order valence-corrected chi connectivity index (χ0v) is 20.1. The van der Waals surface area contributed by atoms with Gasteiger partial charge >= 0.3 is 0 Å². The minimum atomic E-state index is -0.129. The van der Waals surface area contributed by atoms with Gasteiger partial charge in [-0.1, -0.05) is 30.7 Å². The Morgan fingerprint density at radius 2 is 2.18 bits per heavy atom. The number of carbonyl (C=O) groups is 1. The molecule has 1 amide bonds. The van der Waals surface area contributed by atoms with Crippen LogP contribution in [0, 0.1) is 6.92 Å². The van der Waals surface area contributed by atoms with Gasteiger partial charge in [-0.15, -0.1) is 0 Å². The molecule has 4 rings (SSSR count). The van der Waals surface area contributed by atoms with Gasteiger partial charge < -0.3 is 20.1 Å². The number of nitrogens with zero attached hydrogens (tertiary/aromatic N) is 4.